The number of nitrogens with zero attached hydrogens (tertiary/aromatic N) is 1. The third-order valence-electron chi connectivity index (χ3n) is 4.02. The van der Waals surface area contributed by atoms with Crippen molar-refractivity contribution in [3.8, 4) is 0 Å². The maximum atomic E-state index is 11.5. The lowest BCUT2D eigenvalue weighted by molar-refractivity contribution is -0.151. The number of carbonyl (C=O) groups excluding carboxylic acids is 2. The van der Waals surface area contributed by atoms with Crippen molar-refractivity contribution in [1.82, 2.24) is 5.01 Å². The van der Waals surface area contributed by atoms with Crippen molar-refractivity contribution in [2.24, 2.45) is 5.84 Å². The van der Waals surface area contributed by atoms with Gasteiger partial charge in [0.15, 0.2) is 6.10 Å². The zero-order valence-electron chi connectivity index (χ0n) is 19.6. The number of hydrazine groups is 1. The fraction of sp³-hybridized carbons (Fsp3) is 0.900. The number of rotatable bonds is 24. The van der Waals surface area contributed by atoms with Gasteiger partial charge in [0.2, 0.25) is 0 Å². The molecule has 1 atom stereocenters. The van der Waals surface area contributed by atoms with E-state index in [9.17, 15) is 9.59 Å². The van der Waals surface area contributed by atoms with Crippen molar-refractivity contribution in [2.75, 3.05) is 112 Å². The lowest BCUT2D eigenvalue weighted by atomic mass is 10.4. The zero-order chi connectivity index (χ0) is 24.7. The Hall–Kier alpha value is -1.62. The predicted octanol–water partition coefficient (Wildman–Crippen LogP) is -1.67. The molecule has 34 heavy (non-hydrogen) atoms. The summed E-state index contributed by atoms with van der Waals surface area (Å²) in [5.74, 6) is 4.78. The summed E-state index contributed by atoms with van der Waals surface area (Å²) in [5, 5.41) is 9.46. The fourth-order valence-electron chi connectivity index (χ4n) is 2.40. The third-order valence-corrected chi connectivity index (χ3v) is 4.02. The minimum Gasteiger partial charge on any atom is -0.460 e. The highest BCUT2D eigenvalue weighted by molar-refractivity contribution is 5.71. The van der Waals surface area contributed by atoms with Gasteiger partial charge in [-0.05, 0) is 0 Å². The van der Waals surface area contributed by atoms with Crippen LogP contribution in [0.2, 0.25) is 0 Å². The molecule has 0 aromatic rings. The summed E-state index contributed by atoms with van der Waals surface area (Å²) in [5.41, 5.74) is 0. The van der Waals surface area contributed by atoms with Crippen LogP contribution in [0, 0.1) is 0 Å². The summed E-state index contributed by atoms with van der Waals surface area (Å²) in [6.07, 6.45) is -1.21. The molecule has 0 radical (unpaired) electrons. The molecule has 14 heteroatoms. The maximum Gasteiger partial charge on any atom is 0.424 e. The Balaban J connectivity index is 1.70. The van der Waals surface area contributed by atoms with Crippen molar-refractivity contribution >= 4 is 12.1 Å². The van der Waals surface area contributed by atoms with Crippen molar-refractivity contribution in [2.45, 2.75) is 6.10 Å². The average molecular weight is 499 g/mol. The molecule has 0 bridgehead atoms. The molecule has 0 unspecified atom stereocenters. The van der Waals surface area contributed by atoms with E-state index in [2.05, 4.69) is 0 Å². The second kappa shape index (κ2) is 21.9. The number of esters is 1. The molecule has 0 spiro atoms. The highest BCUT2D eigenvalue weighted by atomic mass is 16.6. The minimum absolute atomic E-state index is 0.0128. The molecule has 0 saturated carbocycles. The molecular weight excluding hydrogens is 460 g/mol. The van der Waals surface area contributed by atoms with Gasteiger partial charge in [0.05, 0.1) is 99.0 Å². The molecule has 3 N–H and O–H groups in total. The molecule has 1 saturated heterocycles. The number of carbonyl (C=O) groups is 2. The number of nitrogens with two attached hydrogens (primary N) is 1. The second-order valence-corrected chi connectivity index (χ2v) is 6.79. The van der Waals surface area contributed by atoms with E-state index in [0.717, 1.165) is 5.01 Å². The topological polar surface area (TPSA) is 167 Å². The number of aliphatic hydroxyl groups is 1. The van der Waals surface area contributed by atoms with Gasteiger partial charge in [0, 0.05) is 0 Å². The lowest BCUT2D eigenvalue weighted by Gasteiger charge is -2.10. The molecule has 1 aliphatic rings. The molecule has 1 heterocycles. The molecule has 200 valence electrons. The van der Waals surface area contributed by atoms with Gasteiger partial charge in [-0.15, -0.1) is 0 Å². The number of ether oxygens (including phenoxy) is 9. The van der Waals surface area contributed by atoms with Crippen molar-refractivity contribution in [1.29, 1.82) is 0 Å². The van der Waals surface area contributed by atoms with E-state index in [-0.39, 0.29) is 33.0 Å². The van der Waals surface area contributed by atoms with E-state index in [1.165, 1.54) is 0 Å². The van der Waals surface area contributed by atoms with Crippen LogP contribution in [0.15, 0.2) is 0 Å². The summed E-state index contributed by atoms with van der Waals surface area (Å²) in [4.78, 5) is 22.6. The Morgan fingerprint density at radius 3 is 1.59 bits per heavy atom. The Bertz CT molecular complexity index is 514. The maximum absolute atomic E-state index is 11.5. The molecule has 14 nitrogen and oxygen atoms in total. The summed E-state index contributed by atoms with van der Waals surface area (Å²) in [7, 11) is 0. The van der Waals surface area contributed by atoms with Crippen molar-refractivity contribution in [3.05, 3.63) is 0 Å². The number of cyclic esters (lactones) is 1. The SMILES string of the molecule is NN1C[C@@H](COC(=O)COCCOCCOCCOCCOCCOCCOCCO)OC1=O. The number of amides is 1. The molecule has 1 fully saturated rings. The van der Waals surface area contributed by atoms with Crippen LogP contribution in [0.5, 0.6) is 0 Å². The molecule has 1 rings (SSSR count). The van der Waals surface area contributed by atoms with Crippen molar-refractivity contribution < 1.29 is 57.3 Å². The Morgan fingerprint density at radius 2 is 1.21 bits per heavy atom. The highest BCUT2D eigenvalue weighted by Crippen LogP contribution is 2.07. The second-order valence-electron chi connectivity index (χ2n) is 6.79. The standard InChI is InChI=1S/C20H38N2O12/c21-22-15-18(34-20(22)25)16-33-19(24)17-32-14-13-31-12-11-30-10-9-29-8-7-28-6-5-27-4-3-26-2-1-23/h18,23H,1-17,21H2/t18-/m0/s1. The van der Waals surface area contributed by atoms with Crippen LogP contribution in [0.4, 0.5) is 4.79 Å². The van der Waals surface area contributed by atoms with Gasteiger partial charge in [0.1, 0.15) is 13.2 Å². The first-order chi connectivity index (χ1) is 16.6. The molecule has 0 aromatic heterocycles. The number of hydrogen-bond donors (Lipinski definition) is 2. The number of hydrogen-bond acceptors (Lipinski definition) is 13. The lowest BCUT2D eigenvalue weighted by Crippen LogP contribution is -2.33. The van der Waals surface area contributed by atoms with Crippen LogP contribution in [-0.4, -0.2) is 141 Å². The molecule has 1 amide bonds. The smallest absolute Gasteiger partial charge is 0.424 e. The van der Waals surface area contributed by atoms with E-state index in [4.69, 9.17) is 53.6 Å². The summed E-state index contributed by atoms with van der Waals surface area (Å²) in [6.45, 7) is 5.30. The van der Waals surface area contributed by atoms with E-state index in [1.54, 1.807) is 0 Å². The van der Waals surface area contributed by atoms with Gasteiger partial charge >= 0.3 is 12.1 Å². The van der Waals surface area contributed by atoms with Gasteiger partial charge in [-0.25, -0.2) is 20.4 Å². The third kappa shape index (κ3) is 17.8. The van der Waals surface area contributed by atoms with E-state index in [0.29, 0.717) is 79.3 Å². The summed E-state index contributed by atoms with van der Waals surface area (Å²) < 4.78 is 46.7. The van der Waals surface area contributed by atoms with Crippen LogP contribution >= 0.6 is 0 Å². The van der Waals surface area contributed by atoms with Gasteiger partial charge in [0.25, 0.3) is 0 Å². The zero-order valence-corrected chi connectivity index (χ0v) is 19.6. The van der Waals surface area contributed by atoms with Gasteiger partial charge in [-0.2, -0.15) is 0 Å². The monoisotopic (exact) mass is 498 g/mol. The largest absolute Gasteiger partial charge is 0.460 e. The van der Waals surface area contributed by atoms with E-state index in [1.807, 2.05) is 0 Å². The normalized spacial score (nSPS) is 15.6. The molecule has 0 aliphatic carbocycles. The first-order valence-corrected chi connectivity index (χ1v) is 11.2. The summed E-state index contributed by atoms with van der Waals surface area (Å²) >= 11 is 0. The first-order valence-electron chi connectivity index (χ1n) is 11.2. The Kier molecular flexibility index (Phi) is 19.6. The van der Waals surface area contributed by atoms with Crippen LogP contribution < -0.4 is 5.84 Å². The Labute approximate surface area is 199 Å². The van der Waals surface area contributed by atoms with Gasteiger partial charge in [-0.1, -0.05) is 0 Å². The fourth-order valence-corrected chi connectivity index (χ4v) is 2.40. The molecule has 1 aliphatic heterocycles. The van der Waals surface area contributed by atoms with Crippen molar-refractivity contribution in [3.63, 3.8) is 0 Å². The minimum atomic E-state index is -0.646. The van der Waals surface area contributed by atoms with Crippen LogP contribution in [0.1, 0.15) is 0 Å². The van der Waals surface area contributed by atoms with E-state index < -0.39 is 18.2 Å². The predicted molar refractivity (Wildman–Crippen MR) is 115 cm³/mol. The average Bonchev–Trinajstić information content (AvgIpc) is 3.15. The molecular formula is C20H38N2O12. The number of aliphatic hydroxyl groups excluding tert-OH is 1. The summed E-state index contributed by atoms with van der Waals surface area (Å²) in [6, 6.07) is 0. The Morgan fingerprint density at radius 1 is 0.794 bits per heavy atom. The molecule has 0 aromatic carbocycles. The van der Waals surface area contributed by atoms with Gasteiger partial charge in [-0.3, -0.25) is 0 Å². The highest BCUT2D eigenvalue weighted by Gasteiger charge is 2.30. The quantitative estimate of drug-likeness (QED) is 0.0672. The van der Waals surface area contributed by atoms with Crippen LogP contribution in [0.25, 0.3) is 0 Å². The van der Waals surface area contributed by atoms with Gasteiger partial charge < -0.3 is 47.7 Å². The first kappa shape index (κ1) is 30.4. The van der Waals surface area contributed by atoms with Crippen LogP contribution in [0.3, 0.4) is 0 Å². The van der Waals surface area contributed by atoms with E-state index >= 15 is 0 Å². The van der Waals surface area contributed by atoms with Crippen LogP contribution in [-0.2, 0) is 47.4 Å².